The Labute approximate surface area is 221 Å². The molecule has 0 heterocycles. The third kappa shape index (κ3) is 7.28. The van der Waals surface area contributed by atoms with E-state index in [2.05, 4.69) is 44.2 Å². The van der Waals surface area contributed by atoms with Gasteiger partial charge in [-0.25, -0.2) is 4.79 Å². The molecule has 3 aromatic rings. The van der Waals surface area contributed by atoms with E-state index in [0.717, 1.165) is 61.2 Å². The molecule has 1 aliphatic carbocycles. The molecule has 5 nitrogen and oxygen atoms in total. The lowest BCUT2D eigenvalue weighted by Gasteiger charge is -2.35. The molecule has 3 aromatic carbocycles. The van der Waals surface area contributed by atoms with E-state index in [4.69, 9.17) is 14.2 Å². The van der Waals surface area contributed by atoms with Crippen molar-refractivity contribution in [2.75, 3.05) is 13.2 Å². The number of carbonyl (C=O) groups excluding carboxylic acids is 1. The molecular formula is C32H39NO4. The van der Waals surface area contributed by atoms with Crippen LogP contribution in [0.15, 0.2) is 72.8 Å². The highest BCUT2D eigenvalue weighted by Crippen LogP contribution is 2.39. The largest absolute Gasteiger partial charge is 0.485 e. The fourth-order valence-corrected chi connectivity index (χ4v) is 4.83. The Kier molecular flexibility index (Phi) is 9.87. The molecule has 1 unspecified atom stereocenters. The van der Waals surface area contributed by atoms with E-state index < -0.39 is 0 Å². The van der Waals surface area contributed by atoms with Gasteiger partial charge in [0.15, 0.2) is 11.5 Å². The topological polar surface area (TPSA) is 48.0 Å². The summed E-state index contributed by atoms with van der Waals surface area (Å²) in [5.41, 5.74) is 4.64. The minimum atomic E-state index is -0.188. The minimum absolute atomic E-state index is 0.125. The summed E-state index contributed by atoms with van der Waals surface area (Å²) in [4.78, 5) is 14.8. The van der Waals surface area contributed by atoms with Crippen LogP contribution in [0.1, 0.15) is 61.8 Å². The van der Waals surface area contributed by atoms with Gasteiger partial charge in [-0.3, -0.25) is 0 Å². The Balaban J connectivity index is 1.54. The smallest absolute Gasteiger partial charge is 0.410 e. The number of rotatable bonds is 12. The molecule has 0 saturated heterocycles. The fraction of sp³-hybridized carbons (Fsp3) is 0.406. The minimum Gasteiger partial charge on any atom is -0.485 e. The van der Waals surface area contributed by atoms with E-state index in [1.165, 1.54) is 11.1 Å². The van der Waals surface area contributed by atoms with Gasteiger partial charge in [-0.1, -0.05) is 87.0 Å². The summed E-state index contributed by atoms with van der Waals surface area (Å²) >= 11 is 0. The standard InChI is InChI=1S/C32H39NO4/c1-3-5-21-35-32(34)33(20-4-2)28-17-18-29-27(22-28)16-19-30(36-23-25-12-8-6-9-13-25)31(29)37-24-26-14-10-7-11-15-26/h6-16,19,28H,3-5,17-18,20-24H2,1-2H3. The van der Waals surface area contributed by atoms with Crippen molar-refractivity contribution < 1.29 is 19.0 Å². The number of benzene rings is 3. The van der Waals surface area contributed by atoms with E-state index in [-0.39, 0.29) is 12.1 Å². The van der Waals surface area contributed by atoms with Crippen LogP contribution >= 0.6 is 0 Å². The molecule has 0 spiro atoms. The van der Waals surface area contributed by atoms with Gasteiger partial charge in [-0.05, 0) is 54.9 Å². The highest BCUT2D eigenvalue weighted by atomic mass is 16.6. The number of fused-ring (bicyclic) bond motifs is 1. The van der Waals surface area contributed by atoms with Crippen LogP contribution in [-0.2, 0) is 30.8 Å². The predicted octanol–water partition coefficient (Wildman–Crippen LogP) is 7.35. The number of amides is 1. The number of ether oxygens (including phenoxy) is 3. The number of hydrogen-bond donors (Lipinski definition) is 0. The molecule has 0 fully saturated rings. The van der Waals surface area contributed by atoms with Gasteiger partial charge in [-0.2, -0.15) is 0 Å². The summed E-state index contributed by atoms with van der Waals surface area (Å²) in [5, 5.41) is 0. The first-order valence-electron chi connectivity index (χ1n) is 13.6. The summed E-state index contributed by atoms with van der Waals surface area (Å²) in [6, 6.07) is 24.7. The number of unbranched alkanes of at least 4 members (excludes halogenated alkanes) is 1. The zero-order valence-electron chi connectivity index (χ0n) is 22.2. The lowest BCUT2D eigenvalue weighted by atomic mass is 9.86. The normalized spacial score (nSPS) is 14.5. The van der Waals surface area contributed by atoms with Crippen molar-refractivity contribution in [3.63, 3.8) is 0 Å². The van der Waals surface area contributed by atoms with Crippen LogP contribution in [-0.4, -0.2) is 30.2 Å². The van der Waals surface area contributed by atoms with Gasteiger partial charge in [0.05, 0.1) is 6.61 Å². The zero-order chi connectivity index (χ0) is 25.9. The first kappa shape index (κ1) is 26.6. The van der Waals surface area contributed by atoms with Crippen molar-refractivity contribution in [2.24, 2.45) is 0 Å². The van der Waals surface area contributed by atoms with Crippen molar-refractivity contribution in [2.45, 2.75) is 71.6 Å². The fourth-order valence-electron chi connectivity index (χ4n) is 4.83. The second-order valence-corrected chi connectivity index (χ2v) is 9.64. The van der Waals surface area contributed by atoms with Crippen LogP contribution < -0.4 is 9.47 Å². The molecule has 1 amide bonds. The lowest BCUT2D eigenvalue weighted by molar-refractivity contribution is 0.0813. The molecule has 0 saturated carbocycles. The predicted molar refractivity (Wildman–Crippen MR) is 147 cm³/mol. The molecule has 0 aromatic heterocycles. The van der Waals surface area contributed by atoms with Crippen LogP contribution in [0.4, 0.5) is 4.79 Å². The summed E-state index contributed by atoms with van der Waals surface area (Å²) in [6.07, 6.45) is 5.12. The average molecular weight is 502 g/mol. The van der Waals surface area contributed by atoms with Crippen LogP contribution in [0, 0.1) is 0 Å². The molecule has 37 heavy (non-hydrogen) atoms. The van der Waals surface area contributed by atoms with Gasteiger partial charge in [0.25, 0.3) is 0 Å². The monoisotopic (exact) mass is 501 g/mol. The first-order valence-corrected chi connectivity index (χ1v) is 13.6. The Morgan fingerprint density at radius 3 is 2.19 bits per heavy atom. The van der Waals surface area contributed by atoms with Gasteiger partial charge >= 0.3 is 6.09 Å². The number of nitrogens with zero attached hydrogens (tertiary/aromatic N) is 1. The van der Waals surface area contributed by atoms with Crippen molar-refractivity contribution in [3.05, 3.63) is 95.1 Å². The van der Waals surface area contributed by atoms with Crippen LogP contribution in [0.5, 0.6) is 11.5 Å². The van der Waals surface area contributed by atoms with Crippen molar-refractivity contribution in [3.8, 4) is 11.5 Å². The SMILES string of the molecule is CCCCOC(=O)N(CCC)C1CCc2c(ccc(OCc3ccccc3)c2OCc2ccccc2)C1. The maximum atomic E-state index is 12.9. The molecule has 0 N–H and O–H groups in total. The van der Waals surface area contributed by atoms with Gasteiger partial charge in [0.1, 0.15) is 13.2 Å². The molecule has 0 aliphatic heterocycles. The van der Waals surface area contributed by atoms with Gasteiger partial charge < -0.3 is 19.1 Å². The Bertz CT molecular complexity index is 1120. The van der Waals surface area contributed by atoms with Gasteiger partial charge in [0.2, 0.25) is 0 Å². The van der Waals surface area contributed by atoms with Crippen LogP contribution in [0.2, 0.25) is 0 Å². The Morgan fingerprint density at radius 1 is 0.865 bits per heavy atom. The van der Waals surface area contributed by atoms with E-state index in [1.807, 2.05) is 47.4 Å². The van der Waals surface area contributed by atoms with Gasteiger partial charge in [-0.15, -0.1) is 0 Å². The summed E-state index contributed by atoms with van der Waals surface area (Å²) < 4.78 is 18.3. The lowest BCUT2D eigenvalue weighted by Crippen LogP contribution is -2.44. The number of carbonyl (C=O) groups is 1. The van der Waals surface area contributed by atoms with Crippen molar-refractivity contribution in [1.29, 1.82) is 0 Å². The van der Waals surface area contributed by atoms with Gasteiger partial charge in [0, 0.05) is 18.2 Å². The molecule has 196 valence electrons. The Morgan fingerprint density at radius 2 is 1.54 bits per heavy atom. The quantitative estimate of drug-likeness (QED) is 0.243. The molecule has 1 aliphatic rings. The second-order valence-electron chi connectivity index (χ2n) is 9.64. The molecule has 0 bridgehead atoms. The summed E-state index contributed by atoms with van der Waals surface area (Å²) in [6.45, 7) is 6.37. The molecular weight excluding hydrogens is 462 g/mol. The zero-order valence-corrected chi connectivity index (χ0v) is 22.2. The molecule has 4 rings (SSSR count). The summed E-state index contributed by atoms with van der Waals surface area (Å²) in [5.74, 6) is 1.59. The van der Waals surface area contributed by atoms with Crippen LogP contribution in [0.3, 0.4) is 0 Å². The highest BCUT2D eigenvalue weighted by Gasteiger charge is 2.30. The molecule has 0 radical (unpaired) electrons. The van der Waals surface area contributed by atoms with E-state index in [0.29, 0.717) is 26.4 Å². The Hall–Kier alpha value is -3.47. The maximum Gasteiger partial charge on any atom is 0.410 e. The van der Waals surface area contributed by atoms with Crippen molar-refractivity contribution >= 4 is 6.09 Å². The average Bonchev–Trinajstić information content (AvgIpc) is 2.94. The van der Waals surface area contributed by atoms with E-state index in [9.17, 15) is 4.79 Å². The third-order valence-electron chi connectivity index (χ3n) is 6.83. The first-order chi connectivity index (χ1) is 18.2. The second kappa shape index (κ2) is 13.7. The highest BCUT2D eigenvalue weighted by molar-refractivity contribution is 5.68. The van der Waals surface area contributed by atoms with Crippen LogP contribution in [0.25, 0.3) is 0 Å². The van der Waals surface area contributed by atoms with Crippen molar-refractivity contribution in [1.82, 2.24) is 4.90 Å². The number of hydrogen-bond acceptors (Lipinski definition) is 4. The van der Waals surface area contributed by atoms with E-state index in [1.54, 1.807) is 0 Å². The summed E-state index contributed by atoms with van der Waals surface area (Å²) in [7, 11) is 0. The molecule has 1 atom stereocenters. The maximum absolute atomic E-state index is 12.9. The van der Waals surface area contributed by atoms with E-state index >= 15 is 0 Å². The third-order valence-corrected chi connectivity index (χ3v) is 6.83. The molecule has 5 heteroatoms.